The number of β-amino-alcohol motifs (C(OH)–C–C–N with tert-alkyl or cyclic N) is 1. The largest absolute Gasteiger partial charge is 0.391 e. The molecular weight excluding hydrogens is 202 g/mol. The van der Waals surface area contributed by atoms with Gasteiger partial charge in [0, 0.05) is 18.7 Å². The van der Waals surface area contributed by atoms with E-state index in [2.05, 4.69) is 0 Å². The molecule has 2 rings (SSSR count). The maximum atomic E-state index is 12.1. The second-order valence-corrected chi connectivity index (χ2v) is 4.49. The SMILES string of the molecule is Cc1ccc(C(=O)N2CC[C@@H](O)C2)cc1C. The highest BCUT2D eigenvalue weighted by Gasteiger charge is 2.25. The quantitative estimate of drug-likeness (QED) is 0.777. The molecule has 1 saturated heterocycles. The number of aliphatic hydroxyl groups excluding tert-OH is 1. The first kappa shape index (κ1) is 11.1. The summed E-state index contributed by atoms with van der Waals surface area (Å²) in [5.74, 6) is 0.0275. The van der Waals surface area contributed by atoms with Crippen LogP contribution in [-0.4, -0.2) is 35.1 Å². The van der Waals surface area contributed by atoms with E-state index in [0.717, 1.165) is 11.1 Å². The molecule has 1 atom stereocenters. The van der Waals surface area contributed by atoms with Crippen molar-refractivity contribution in [3.05, 3.63) is 34.9 Å². The summed E-state index contributed by atoms with van der Waals surface area (Å²) in [5.41, 5.74) is 3.04. The lowest BCUT2D eigenvalue weighted by Gasteiger charge is -2.16. The third kappa shape index (κ3) is 2.09. The summed E-state index contributed by atoms with van der Waals surface area (Å²) in [6.45, 7) is 5.16. The van der Waals surface area contributed by atoms with E-state index in [9.17, 15) is 9.90 Å². The maximum Gasteiger partial charge on any atom is 0.253 e. The minimum absolute atomic E-state index is 0.0275. The van der Waals surface area contributed by atoms with Gasteiger partial charge in [0.1, 0.15) is 0 Å². The van der Waals surface area contributed by atoms with E-state index >= 15 is 0 Å². The molecule has 86 valence electrons. The number of likely N-dealkylation sites (tertiary alicyclic amines) is 1. The predicted molar refractivity (Wildman–Crippen MR) is 62.4 cm³/mol. The van der Waals surface area contributed by atoms with Gasteiger partial charge in [0.25, 0.3) is 5.91 Å². The van der Waals surface area contributed by atoms with E-state index in [1.807, 2.05) is 32.0 Å². The molecule has 1 N–H and O–H groups in total. The smallest absolute Gasteiger partial charge is 0.253 e. The van der Waals surface area contributed by atoms with Crippen LogP contribution in [-0.2, 0) is 0 Å². The Hall–Kier alpha value is -1.35. The van der Waals surface area contributed by atoms with Crippen LogP contribution in [0.5, 0.6) is 0 Å². The van der Waals surface area contributed by atoms with Crippen molar-refractivity contribution in [3.63, 3.8) is 0 Å². The van der Waals surface area contributed by atoms with Gasteiger partial charge in [-0.05, 0) is 43.5 Å². The average molecular weight is 219 g/mol. The van der Waals surface area contributed by atoms with E-state index in [0.29, 0.717) is 19.5 Å². The number of amides is 1. The van der Waals surface area contributed by atoms with E-state index in [-0.39, 0.29) is 12.0 Å². The standard InChI is InChI=1S/C13H17NO2/c1-9-3-4-11(7-10(9)2)13(16)14-6-5-12(15)8-14/h3-4,7,12,15H,5-6,8H2,1-2H3/t12-/m1/s1. The highest BCUT2D eigenvalue weighted by molar-refractivity contribution is 5.94. The van der Waals surface area contributed by atoms with Crippen molar-refractivity contribution in [1.29, 1.82) is 0 Å². The van der Waals surface area contributed by atoms with Gasteiger partial charge in [-0.1, -0.05) is 6.07 Å². The molecule has 1 aliphatic heterocycles. The number of hydrogen-bond acceptors (Lipinski definition) is 2. The Morgan fingerprint density at radius 3 is 2.69 bits per heavy atom. The van der Waals surface area contributed by atoms with E-state index in [4.69, 9.17) is 0 Å². The highest BCUT2D eigenvalue weighted by atomic mass is 16.3. The maximum absolute atomic E-state index is 12.1. The number of aryl methyl sites for hydroxylation is 2. The van der Waals surface area contributed by atoms with E-state index in [1.54, 1.807) is 4.90 Å². The Morgan fingerprint density at radius 2 is 2.12 bits per heavy atom. The Bertz CT molecular complexity index is 414. The molecule has 0 aliphatic carbocycles. The molecule has 0 aromatic heterocycles. The zero-order valence-corrected chi connectivity index (χ0v) is 9.73. The average Bonchev–Trinajstić information content (AvgIpc) is 2.68. The molecule has 0 bridgehead atoms. The van der Waals surface area contributed by atoms with Crippen molar-refractivity contribution in [2.75, 3.05) is 13.1 Å². The van der Waals surface area contributed by atoms with E-state index in [1.165, 1.54) is 5.56 Å². The van der Waals surface area contributed by atoms with Gasteiger partial charge in [-0.3, -0.25) is 4.79 Å². The molecule has 3 heteroatoms. The summed E-state index contributed by atoms with van der Waals surface area (Å²) in [6, 6.07) is 5.74. The Kier molecular flexibility index (Phi) is 2.97. The molecule has 0 saturated carbocycles. The molecule has 1 fully saturated rings. The number of carbonyl (C=O) groups is 1. The van der Waals surface area contributed by atoms with Crippen LogP contribution in [0.2, 0.25) is 0 Å². The van der Waals surface area contributed by atoms with Crippen molar-refractivity contribution < 1.29 is 9.90 Å². The lowest BCUT2D eigenvalue weighted by atomic mass is 10.1. The highest BCUT2D eigenvalue weighted by Crippen LogP contribution is 2.16. The fourth-order valence-corrected chi connectivity index (χ4v) is 1.98. The van der Waals surface area contributed by atoms with Crippen molar-refractivity contribution >= 4 is 5.91 Å². The summed E-state index contributed by atoms with van der Waals surface area (Å²) in [6.07, 6.45) is 0.340. The first-order valence-corrected chi connectivity index (χ1v) is 5.62. The fourth-order valence-electron chi connectivity index (χ4n) is 1.98. The normalized spacial score (nSPS) is 20.2. The molecule has 16 heavy (non-hydrogen) atoms. The monoisotopic (exact) mass is 219 g/mol. The Labute approximate surface area is 95.7 Å². The molecule has 0 unspecified atom stereocenters. The van der Waals surface area contributed by atoms with Gasteiger partial charge in [0.15, 0.2) is 0 Å². The molecular formula is C13H17NO2. The molecule has 3 nitrogen and oxygen atoms in total. The second-order valence-electron chi connectivity index (χ2n) is 4.49. The van der Waals surface area contributed by atoms with Crippen LogP contribution in [0.25, 0.3) is 0 Å². The molecule has 1 aromatic rings. The summed E-state index contributed by atoms with van der Waals surface area (Å²) < 4.78 is 0. The number of nitrogens with zero attached hydrogens (tertiary/aromatic N) is 1. The molecule has 1 aliphatic rings. The van der Waals surface area contributed by atoms with Gasteiger partial charge in [0.05, 0.1) is 6.10 Å². The zero-order chi connectivity index (χ0) is 11.7. The number of hydrogen-bond donors (Lipinski definition) is 1. The molecule has 1 heterocycles. The van der Waals surface area contributed by atoms with Crippen LogP contribution in [0.15, 0.2) is 18.2 Å². The van der Waals surface area contributed by atoms with Gasteiger partial charge >= 0.3 is 0 Å². The fraction of sp³-hybridized carbons (Fsp3) is 0.462. The predicted octanol–water partition coefficient (Wildman–Crippen LogP) is 1.51. The lowest BCUT2D eigenvalue weighted by Crippen LogP contribution is -2.29. The summed E-state index contributed by atoms with van der Waals surface area (Å²) in [7, 11) is 0. The summed E-state index contributed by atoms with van der Waals surface area (Å²) in [5, 5.41) is 9.40. The van der Waals surface area contributed by atoms with Crippen LogP contribution in [0.4, 0.5) is 0 Å². The van der Waals surface area contributed by atoms with Crippen LogP contribution in [0.3, 0.4) is 0 Å². The Morgan fingerprint density at radius 1 is 1.38 bits per heavy atom. The van der Waals surface area contributed by atoms with Gasteiger partial charge < -0.3 is 10.0 Å². The van der Waals surface area contributed by atoms with Gasteiger partial charge in [-0.25, -0.2) is 0 Å². The van der Waals surface area contributed by atoms with E-state index < -0.39 is 0 Å². The first-order chi connectivity index (χ1) is 7.58. The third-order valence-electron chi connectivity index (χ3n) is 3.20. The van der Waals surface area contributed by atoms with Crippen LogP contribution < -0.4 is 0 Å². The third-order valence-corrected chi connectivity index (χ3v) is 3.20. The minimum atomic E-state index is -0.351. The Balaban J connectivity index is 2.18. The number of aliphatic hydroxyl groups is 1. The van der Waals surface area contributed by atoms with Crippen LogP contribution in [0, 0.1) is 13.8 Å². The molecule has 1 amide bonds. The topological polar surface area (TPSA) is 40.5 Å². The summed E-state index contributed by atoms with van der Waals surface area (Å²) >= 11 is 0. The number of benzene rings is 1. The van der Waals surface area contributed by atoms with Crippen LogP contribution >= 0.6 is 0 Å². The minimum Gasteiger partial charge on any atom is -0.391 e. The molecule has 0 radical (unpaired) electrons. The van der Waals surface area contributed by atoms with Crippen molar-refractivity contribution in [2.45, 2.75) is 26.4 Å². The number of rotatable bonds is 1. The van der Waals surface area contributed by atoms with Crippen LogP contribution in [0.1, 0.15) is 27.9 Å². The van der Waals surface area contributed by atoms with Crippen molar-refractivity contribution in [2.24, 2.45) is 0 Å². The second kappa shape index (κ2) is 4.26. The van der Waals surface area contributed by atoms with Crippen molar-refractivity contribution in [1.82, 2.24) is 4.90 Å². The summed E-state index contributed by atoms with van der Waals surface area (Å²) in [4.78, 5) is 13.8. The molecule has 1 aromatic carbocycles. The zero-order valence-electron chi connectivity index (χ0n) is 9.73. The number of carbonyl (C=O) groups excluding carboxylic acids is 1. The first-order valence-electron chi connectivity index (χ1n) is 5.62. The lowest BCUT2D eigenvalue weighted by molar-refractivity contribution is 0.0765. The molecule has 0 spiro atoms. The van der Waals surface area contributed by atoms with Crippen molar-refractivity contribution in [3.8, 4) is 0 Å². The van der Waals surface area contributed by atoms with Gasteiger partial charge in [0.2, 0.25) is 0 Å². The van der Waals surface area contributed by atoms with Gasteiger partial charge in [-0.2, -0.15) is 0 Å². The van der Waals surface area contributed by atoms with Gasteiger partial charge in [-0.15, -0.1) is 0 Å².